The highest BCUT2D eigenvalue weighted by Gasteiger charge is 2.13. The first-order valence-electron chi connectivity index (χ1n) is 9.08. The minimum Gasteiger partial charge on any atom is -0.339 e. The minimum absolute atomic E-state index is 0.152. The van der Waals surface area contributed by atoms with Crippen LogP contribution in [0.15, 0.2) is 12.2 Å². The Hall–Kier alpha value is -0.790. The highest BCUT2D eigenvalue weighted by molar-refractivity contribution is 5.92. The summed E-state index contributed by atoms with van der Waals surface area (Å²) < 4.78 is 0. The summed E-state index contributed by atoms with van der Waals surface area (Å²) in [6.45, 7) is 11.9. The molecule has 2 heteroatoms. The zero-order chi connectivity index (χ0) is 15.9. The Bertz CT molecular complexity index is 273. The Labute approximate surface area is 133 Å². The summed E-state index contributed by atoms with van der Waals surface area (Å²) in [7, 11) is 0. The maximum atomic E-state index is 12.2. The topological polar surface area (TPSA) is 20.3 Å². The monoisotopic (exact) mass is 295 g/mol. The zero-order valence-electron chi connectivity index (χ0n) is 14.8. The average Bonchev–Trinajstić information content (AvgIpc) is 2.47. The van der Waals surface area contributed by atoms with Gasteiger partial charge in [0, 0.05) is 18.7 Å². The minimum atomic E-state index is 0.152. The van der Waals surface area contributed by atoms with Gasteiger partial charge in [0.15, 0.2) is 0 Å². The Morgan fingerprint density at radius 3 is 1.52 bits per heavy atom. The van der Waals surface area contributed by atoms with Crippen LogP contribution in [-0.4, -0.2) is 23.9 Å². The lowest BCUT2D eigenvalue weighted by atomic mass is 10.1. The molecule has 124 valence electrons. The fourth-order valence-electron chi connectivity index (χ4n) is 2.57. The maximum Gasteiger partial charge on any atom is 0.248 e. The van der Waals surface area contributed by atoms with Crippen molar-refractivity contribution in [3.05, 3.63) is 12.2 Å². The van der Waals surface area contributed by atoms with Gasteiger partial charge in [0.2, 0.25) is 5.91 Å². The first kappa shape index (κ1) is 20.2. The molecule has 0 saturated carbocycles. The third-order valence-corrected chi connectivity index (χ3v) is 3.97. The summed E-state index contributed by atoms with van der Waals surface area (Å²) in [6, 6.07) is 0. The molecule has 0 fully saturated rings. The van der Waals surface area contributed by atoms with Crippen molar-refractivity contribution in [3.8, 4) is 0 Å². The van der Waals surface area contributed by atoms with Crippen molar-refractivity contribution in [2.24, 2.45) is 0 Å². The molecule has 0 aliphatic heterocycles. The molecule has 0 aromatic carbocycles. The van der Waals surface area contributed by atoms with Crippen molar-refractivity contribution >= 4 is 5.91 Å². The number of nitrogens with zero attached hydrogens (tertiary/aromatic N) is 1. The van der Waals surface area contributed by atoms with Gasteiger partial charge in [-0.3, -0.25) is 4.79 Å². The molecule has 21 heavy (non-hydrogen) atoms. The van der Waals surface area contributed by atoms with Gasteiger partial charge < -0.3 is 4.90 Å². The van der Waals surface area contributed by atoms with Gasteiger partial charge >= 0.3 is 0 Å². The number of rotatable bonds is 14. The number of amides is 1. The highest BCUT2D eigenvalue weighted by atomic mass is 16.2. The largest absolute Gasteiger partial charge is 0.339 e. The third kappa shape index (κ3) is 11.5. The maximum absolute atomic E-state index is 12.2. The van der Waals surface area contributed by atoms with E-state index in [2.05, 4.69) is 20.4 Å². The lowest BCUT2D eigenvalue weighted by molar-refractivity contribution is -0.127. The predicted molar refractivity (Wildman–Crippen MR) is 93.5 cm³/mol. The first-order valence-corrected chi connectivity index (χ1v) is 9.08. The molecule has 0 atom stereocenters. The van der Waals surface area contributed by atoms with E-state index < -0.39 is 0 Å². The van der Waals surface area contributed by atoms with Crippen LogP contribution >= 0.6 is 0 Å². The smallest absolute Gasteiger partial charge is 0.248 e. The van der Waals surface area contributed by atoms with Crippen molar-refractivity contribution in [2.75, 3.05) is 13.1 Å². The molecule has 0 aliphatic rings. The second kappa shape index (κ2) is 14.2. The number of hydrogen-bond acceptors (Lipinski definition) is 1. The van der Waals surface area contributed by atoms with E-state index in [4.69, 9.17) is 0 Å². The summed E-state index contributed by atoms with van der Waals surface area (Å²) >= 11 is 0. The molecule has 0 aromatic rings. The lowest BCUT2D eigenvalue weighted by Crippen LogP contribution is -2.33. The zero-order valence-corrected chi connectivity index (χ0v) is 14.8. The van der Waals surface area contributed by atoms with Gasteiger partial charge in [0.25, 0.3) is 0 Å². The molecule has 0 aromatic heterocycles. The Kier molecular flexibility index (Phi) is 13.6. The first-order chi connectivity index (χ1) is 10.1. The molecule has 0 saturated heterocycles. The van der Waals surface area contributed by atoms with Gasteiger partial charge in [-0.2, -0.15) is 0 Å². The highest BCUT2D eigenvalue weighted by Crippen LogP contribution is 2.10. The van der Waals surface area contributed by atoms with E-state index in [-0.39, 0.29) is 5.91 Å². The molecule has 0 aliphatic carbocycles. The van der Waals surface area contributed by atoms with Crippen LogP contribution in [0.3, 0.4) is 0 Å². The van der Waals surface area contributed by atoms with Crippen molar-refractivity contribution < 1.29 is 4.79 Å². The molecular weight excluding hydrogens is 258 g/mol. The van der Waals surface area contributed by atoms with Crippen LogP contribution in [0.2, 0.25) is 0 Å². The fourth-order valence-corrected chi connectivity index (χ4v) is 2.57. The van der Waals surface area contributed by atoms with Crippen LogP contribution in [0, 0.1) is 0 Å². The second-order valence-corrected chi connectivity index (χ2v) is 6.25. The van der Waals surface area contributed by atoms with E-state index in [1.54, 1.807) is 0 Å². The van der Waals surface area contributed by atoms with Gasteiger partial charge in [0.1, 0.15) is 0 Å². The number of unbranched alkanes of at least 4 members (excludes halogenated alkanes) is 9. The molecule has 0 rings (SSSR count). The molecule has 0 spiro atoms. The summed E-state index contributed by atoms with van der Waals surface area (Å²) in [5.41, 5.74) is 0.676. The summed E-state index contributed by atoms with van der Waals surface area (Å²) in [4.78, 5) is 14.2. The second-order valence-electron chi connectivity index (χ2n) is 6.25. The van der Waals surface area contributed by atoms with Crippen LogP contribution in [0.5, 0.6) is 0 Å². The molecule has 0 N–H and O–H groups in total. The molecule has 2 nitrogen and oxygen atoms in total. The van der Waals surface area contributed by atoms with Gasteiger partial charge in [-0.1, -0.05) is 78.2 Å². The van der Waals surface area contributed by atoms with Crippen LogP contribution in [0.4, 0.5) is 0 Å². The van der Waals surface area contributed by atoms with Crippen molar-refractivity contribution in [3.63, 3.8) is 0 Å². The Morgan fingerprint density at radius 2 is 1.14 bits per heavy atom. The predicted octanol–water partition coefficient (Wildman–Crippen LogP) is 5.72. The quantitative estimate of drug-likeness (QED) is 0.296. The summed E-state index contributed by atoms with van der Waals surface area (Å²) in [5, 5.41) is 0. The van der Waals surface area contributed by atoms with Gasteiger partial charge in [0.05, 0.1) is 0 Å². The average molecular weight is 296 g/mol. The normalized spacial score (nSPS) is 10.6. The van der Waals surface area contributed by atoms with E-state index in [0.29, 0.717) is 5.57 Å². The molecule has 0 heterocycles. The van der Waals surface area contributed by atoms with Gasteiger partial charge in [-0.05, 0) is 19.8 Å². The molecule has 0 bridgehead atoms. The standard InChI is InChI=1S/C19H37NO/c1-5-7-9-11-13-15-17-20(19(21)18(3)4)16-14-12-10-8-6-2/h3,5-17H2,1-2,4H3. The van der Waals surface area contributed by atoms with Crippen LogP contribution in [0.1, 0.15) is 91.4 Å². The van der Waals surface area contributed by atoms with E-state index in [9.17, 15) is 4.79 Å². The van der Waals surface area contributed by atoms with Crippen LogP contribution < -0.4 is 0 Å². The van der Waals surface area contributed by atoms with Crippen molar-refractivity contribution in [2.45, 2.75) is 91.4 Å². The van der Waals surface area contributed by atoms with E-state index in [0.717, 1.165) is 25.9 Å². The fraction of sp³-hybridized carbons (Fsp3) is 0.842. The van der Waals surface area contributed by atoms with E-state index >= 15 is 0 Å². The number of carbonyl (C=O) groups is 1. The summed E-state index contributed by atoms with van der Waals surface area (Å²) in [6.07, 6.45) is 13.9. The molecule has 0 unspecified atom stereocenters. The molecular formula is C19H37NO. The Balaban J connectivity index is 3.92. The van der Waals surface area contributed by atoms with Crippen LogP contribution in [0.25, 0.3) is 0 Å². The van der Waals surface area contributed by atoms with Crippen molar-refractivity contribution in [1.29, 1.82) is 0 Å². The third-order valence-electron chi connectivity index (χ3n) is 3.97. The number of hydrogen-bond donors (Lipinski definition) is 0. The Morgan fingerprint density at radius 1 is 0.762 bits per heavy atom. The van der Waals surface area contributed by atoms with E-state index in [1.165, 1.54) is 57.8 Å². The number of carbonyl (C=O) groups excluding carboxylic acids is 1. The van der Waals surface area contributed by atoms with Crippen LogP contribution in [-0.2, 0) is 4.79 Å². The lowest BCUT2D eigenvalue weighted by Gasteiger charge is -2.23. The SMILES string of the molecule is C=C(C)C(=O)N(CCCCCCC)CCCCCCCC. The molecule has 1 amide bonds. The van der Waals surface area contributed by atoms with Crippen molar-refractivity contribution in [1.82, 2.24) is 4.90 Å². The summed E-state index contributed by atoms with van der Waals surface area (Å²) in [5.74, 6) is 0.152. The van der Waals surface area contributed by atoms with Gasteiger partial charge in [-0.25, -0.2) is 0 Å². The van der Waals surface area contributed by atoms with Gasteiger partial charge in [-0.15, -0.1) is 0 Å². The molecule has 0 radical (unpaired) electrons. The van der Waals surface area contributed by atoms with E-state index in [1.807, 2.05) is 11.8 Å².